The number of aromatic nitrogens is 2. The first kappa shape index (κ1) is 17.3. The molecule has 0 radical (unpaired) electrons. The van der Waals surface area contributed by atoms with Crippen LogP contribution in [0.25, 0.3) is 0 Å². The zero-order valence-electron chi connectivity index (χ0n) is 13.9. The molecule has 0 aliphatic heterocycles. The Hall–Kier alpha value is -3.54. The first-order valence-electron chi connectivity index (χ1n) is 7.94. The number of rotatable bonds is 8. The van der Waals surface area contributed by atoms with Crippen molar-refractivity contribution in [2.45, 2.75) is 13.2 Å². The fourth-order valence-electron chi connectivity index (χ4n) is 2.30. The molecular weight excluding hydrogens is 332 g/mol. The van der Waals surface area contributed by atoms with Crippen LogP contribution in [-0.2, 0) is 13.2 Å². The zero-order valence-corrected chi connectivity index (χ0v) is 13.9. The number of aldehydes is 2. The van der Waals surface area contributed by atoms with Crippen molar-refractivity contribution in [1.82, 2.24) is 9.97 Å². The Balaban J connectivity index is 1.78. The molecule has 2 heterocycles. The molecule has 3 aromatic rings. The van der Waals surface area contributed by atoms with Gasteiger partial charge in [-0.25, -0.2) is 0 Å². The SMILES string of the molecule is O=Cc1cc(OCc2ccccn2)c(C=O)cc1OCc1ccccn1. The molecule has 0 N–H and O–H groups in total. The van der Waals surface area contributed by atoms with E-state index < -0.39 is 0 Å². The normalized spacial score (nSPS) is 10.2. The van der Waals surface area contributed by atoms with Gasteiger partial charge in [-0.2, -0.15) is 0 Å². The van der Waals surface area contributed by atoms with Gasteiger partial charge in [0.1, 0.15) is 24.7 Å². The predicted molar refractivity (Wildman–Crippen MR) is 94.4 cm³/mol. The summed E-state index contributed by atoms with van der Waals surface area (Å²) < 4.78 is 11.3. The van der Waals surface area contributed by atoms with Crippen LogP contribution < -0.4 is 9.47 Å². The Bertz CT molecular complexity index is 808. The maximum atomic E-state index is 11.4. The second kappa shape index (κ2) is 8.53. The van der Waals surface area contributed by atoms with E-state index in [1.165, 1.54) is 12.1 Å². The summed E-state index contributed by atoms with van der Waals surface area (Å²) in [5.41, 5.74) is 2.02. The molecule has 0 aliphatic rings. The number of hydrogen-bond acceptors (Lipinski definition) is 6. The Kier molecular flexibility index (Phi) is 5.67. The van der Waals surface area contributed by atoms with Crippen LogP contribution in [-0.4, -0.2) is 22.5 Å². The highest BCUT2D eigenvalue weighted by Gasteiger charge is 2.12. The van der Waals surface area contributed by atoms with Gasteiger partial charge in [-0.15, -0.1) is 0 Å². The highest BCUT2D eigenvalue weighted by molar-refractivity contribution is 5.87. The molecule has 3 rings (SSSR count). The van der Waals surface area contributed by atoms with Gasteiger partial charge in [-0.1, -0.05) is 12.1 Å². The molecule has 0 atom stereocenters. The molecule has 6 nitrogen and oxygen atoms in total. The van der Waals surface area contributed by atoms with E-state index in [2.05, 4.69) is 9.97 Å². The summed E-state index contributed by atoms with van der Waals surface area (Å²) in [5, 5.41) is 0. The minimum Gasteiger partial charge on any atom is -0.487 e. The lowest BCUT2D eigenvalue weighted by molar-refractivity contribution is 0.110. The van der Waals surface area contributed by atoms with Gasteiger partial charge in [0.25, 0.3) is 0 Å². The third-order valence-electron chi connectivity index (χ3n) is 3.60. The van der Waals surface area contributed by atoms with Crippen LogP contribution >= 0.6 is 0 Å². The monoisotopic (exact) mass is 348 g/mol. The van der Waals surface area contributed by atoms with E-state index in [0.29, 0.717) is 46.6 Å². The summed E-state index contributed by atoms with van der Waals surface area (Å²) in [7, 11) is 0. The van der Waals surface area contributed by atoms with Crippen molar-refractivity contribution in [3.05, 3.63) is 83.4 Å². The molecule has 2 aromatic heterocycles. The lowest BCUT2D eigenvalue weighted by atomic mass is 10.1. The van der Waals surface area contributed by atoms with Crippen molar-refractivity contribution >= 4 is 12.6 Å². The summed E-state index contributed by atoms with van der Waals surface area (Å²) in [6, 6.07) is 13.9. The molecule has 0 bridgehead atoms. The highest BCUT2D eigenvalue weighted by Crippen LogP contribution is 2.28. The van der Waals surface area contributed by atoms with Crippen LogP contribution in [0.3, 0.4) is 0 Å². The van der Waals surface area contributed by atoms with E-state index in [1.54, 1.807) is 24.5 Å². The van der Waals surface area contributed by atoms with Crippen molar-refractivity contribution in [3.8, 4) is 11.5 Å². The van der Waals surface area contributed by atoms with Crippen LogP contribution in [0.5, 0.6) is 11.5 Å². The van der Waals surface area contributed by atoms with E-state index in [4.69, 9.17) is 9.47 Å². The molecule has 6 heteroatoms. The molecule has 0 saturated heterocycles. The second-order valence-electron chi connectivity index (χ2n) is 5.38. The number of carbonyl (C=O) groups is 2. The number of nitrogens with zero attached hydrogens (tertiary/aromatic N) is 2. The molecule has 26 heavy (non-hydrogen) atoms. The molecule has 0 amide bonds. The van der Waals surface area contributed by atoms with E-state index in [-0.39, 0.29) is 13.2 Å². The maximum Gasteiger partial charge on any atom is 0.153 e. The summed E-state index contributed by atoms with van der Waals surface area (Å²) in [6.07, 6.45) is 4.64. The molecule has 0 fully saturated rings. The summed E-state index contributed by atoms with van der Waals surface area (Å²) >= 11 is 0. The van der Waals surface area contributed by atoms with Gasteiger partial charge in [0, 0.05) is 12.4 Å². The number of hydrogen-bond donors (Lipinski definition) is 0. The minimum atomic E-state index is 0.189. The van der Waals surface area contributed by atoms with Gasteiger partial charge in [0.05, 0.1) is 22.5 Å². The number of pyridine rings is 2. The van der Waals surface area contributed by atoms with Crippen molar-refractivity contribution in [2.24, 2.45) is 0 Å². The quantitative estimate of drug-likeness (QED) is 0.582. The molecule has 0 aliphatic carbocycles. The van der Waals surface area contributed by atoms with Crippen LogP contribution in [0.4, 0.5) is 0 Å². The van der Waals surface area contributed by atoms with Gasteiger partial charge in [0.15, 0.2) is 12.6 Å². The Morgan fingerprint density at radius 3 is 1.54 bits per heavy atom. The van der Waals surface area contributed by atoms with Crippen molar-refractivity contribution in [3.63, 3.8) is 0 Å². The third-order valence-corrected chi connectivity index (χ3v) is 3.60. The van der Waals surface area contributed by atoms with E-state index in [9.17, 15) is 9.59 Å². The summed E-state index contributed by atoms with van der Waals surface area (Å²) in [5.74, 6) is 0.607. The predicted octanol–water partition coefficient (Wildman–Crippen LogP) is 3.26. The molecule has 0 spiro atoms. The van der Waals surface area contributed by atoms with E-state index in [1.807, 2.05) is 24.3 Å². The number of ether oxygens (including phenoxy) is 2. The fraction of sp³-hybridized carbons (Fsp3) is 0.100. The number of benzene rings is 1. The fourth-order valence-corrected chi connectivity index (χ4v) is 2.30. The molecular formula is C20H16N2O4. The van der Waals surface area contributed by atoms with Gasteiger partial charge < -0.3 is 9.47 Å². The van der Waals surface area contributed by atoms with E-state index in [0.717, 1.165) is 0 Å². The van der Waals surface area contributed by atoms with Gasteiger partial charge >= 0.3 is 0 Å². The lowest BCUT2D eigenvalue weighted by Crippen LogP contribution is -2.04. The Morgan fingerprint density at radius 1 is 0.731 bits per heavy atom. The van der Waals surface area contributed by atoms with Crippen molar-refractivity contribution in [1.29, 1.82) is 0 Å². The minimum absolute atomic E-state index is 0.189. The van der Waals surface area contributed by atoms with Crippen molar-refractivity contribution < 1.29 is 19.1 Å². The third kappa shape index (κ3) is 4.30. The zero-order chi connectivity index (χ0) is 18.2. The molecule has 0 unspecified atom stereocenters. The highest BCUT2D eigenvalue weighted by atomic mass is 16.5. The Labute approximate surface area is 150 Å². The van der Waals surface area contributed by atoms with Crippen LogP contribution in [0.15, 0.2) is 60.9 Å². The first-order valence-corrected chi connectivity index (χ1v) is 7.94. The topological polar surface area (TPSA) is 78.4 Å². The molecule has 1 aromatic carbocycles. The number of carbonyl (C=O) groups excluding carboxylic acids is 2. The van der Waals surface area contributed by atoms with E-state index >= 15 is 0 Å². The largest absolute Gasteiger partial charge is 0.487 e. The molecule has 130 valence electrons. The van der Waals surface area contributed by atoms with Gasteiger partial charge in [0.2, 0.25) is 0 Å². The summed E-state index contributed by atoms with van der Waals surface area (Å²) in [4.78, 5) is 31.1. The average molecular weight is 348 g/mol. The second-order valence-corrected chi connectivity index (χ2v) is 5.38. The van der Waals surface area contributed by atoms with Crippen LogP contribution in [0, 0.1) is 0 Å². The lowest BCUT2D eigenvalue weighted by Gasteiger charge is -2.13. The van der Waals surface area contributed by atoms with Crippen molar-refractivity contribution in [2.75, 3.05) is 0 Å². The molecule has 0 saturated carbocycles. The van der Waals surface area contributed by atoms with Crippen LogP contribution in [0.1, 0.15) is 32.1 Å². The average Bonchev–Trinajstić information content (AvgIpc) is 2.72. The van der Waals surface area contributed by atoms with Gasteiger partial charge in [-0.3, -0.25) is 19.6 Å². The maximum absolute atomic E-state index is 11.4. The first-order chi connectivity index (χ1) is 12.8. The Morgan fingerprint density at radius 2 is 1.19 bits per heavy atom. The standard InChI is InChI=1S/C20H16N2O4/c23-11-15-10-20(26-14-18-6-2-4-8-22-18)16(12-24)9-19(15)25-13-17-5-1-3-7-21-17/h1-12H,13-14H2. The van der Waals surface area contributed by atoms with Gasteiger partial charge in [-0.05, 0) is 36.4 Å². The summed E-state index contributed by atoms with van der Waals surface area (Å²) in [6.45, 7) is 0.377. The van der Waals surface area contributed by atoms with Crippen LogP contribution in [0.2, 0.25) is 0 Å². The smallest absolute Gasteiger partial charge is 0.153 e.